The van der Waals surface area contributed by atoms with Gasteiger partial charge in [-0.25, -0.2) is 8.99 Å². The molecule has 3 rings (SSSR count). The van der Waals surface area contributed by atoms with Crippen molar-refractivity contribution in [3.8, 4) is 0 Å². The van der Waals surface area contributed by atoms with E-state index in [0.29, 0.717) is 28.4 Å². The van der Waals surface area contributed by atoms with Crippen LogP contribution < -0.4 is 0 Å². The highest BCUT2D eigenvalue weighted by Crippen LogP contribution is 2.58. The number of benzene rings is 1. The first-order valence-corrected chi connectivity index (χ1v) is 11.1. The Balaban J connectivity index is 1.66. The van der Waals surface area contributed by atoms with Crippen LogP contribution >= 0.6 is 0 Å². The van der Waals surface area contributed by atoms with E-state index in [0.717, 1.165) is 25.7 Å². The highest BCUT2D eigenvalue weighted by Gasteiger charge is 2.52. The van der Waals surface area contributed by atoms with Gasteiger partial charge in [-0.2, -0.15) is 0 Å². The third-order valence-electron chi connectivity index (χ3n) is 6.83. The number of nitrogens with one attached hydrogen (secondary N) is 1. The number of hydrogen-bond donors (Lipinski definition) is 2. The smallest absolute Gasteiger partial charge is 0.0726 e. The first kappa shape index (κ1) is 17.9. The molecule has 0 spiro atoms. The molecule has 1 unspecified atom stereocenters. The average molecular weight is 350 g/mol. The number of aliphatic hydroxyl groups excluding tert-OH is 1. The summed E-state index contributed by atoms with van der Waals surface area (Å²) in [5, 5.41) is 10.4. The van der Waals surface area contributed by atoms with Crippen molar-refractivity contribution in [1.82, 2.24) is 0 Å². The summed E-state index contributed by atoms with van der Waals surface area (Å²) in [5.74, 6) is 1.93. The van der Waals surface area contributed by atoms with Crippen molar-refractivity contribution in [1.29, 1.82) is 4.78 Å². The molecule has 2 saturated carbocycles. The van der Waals surface area contributed by atoms with Gasteiger partial charge in [0.15, 0.2) is 0 Å². The largest absolute Gasteiger partial charge is 0.393 e. The lowest BCUT2D eigenvalue weighted by molar-refractivity contribution is -0.0271. The summed E-state index contributed by atoms with van der Waals surface area (Å²) in [6.07, 6.45) is 6.28. The topological polar surface area (TPSA) is 61.2 Å². The van der Waals surface area contributed by atoms with Crippen LogP contribution in [-0.4, -0.2) is 21.2 Å². The SMILES string of the molecule is C[C@H](CCS(=N)(=O)c1ccccc1)[C@H]1CC[C@H]2[C@@H](O)CCC[C@]12C. The van der Waals surface area contributed by atoms with E-state index >= 15 is 0 Å². The van der Waals surface area contributed by atoms with Gasteiger partial charge in [0.25, 0.3) is 0 Å². The Morgan fingerprint density at radius 2 is 2.00 bits per heavy atom. The van der Waals surface area contributed by atoms with Crippen LogP contribution in [-0.2, 0) is 9.73 Å². The Morgan fingerprint density at radius 3 is 2.71 bits per heavy atom. The molecule has 2 N–H and O–H groups in total. The van der Waals surface area contributed by atoms with Gasteiger partial charge in [-0.05, 0) is 67.4 Å². The molecule has 2 aliphatic rings. The Labute approximate surface area is 146 Å². The van der Waals surface area contributed by atoms with Crippen LogP contribution in [0.3, 0.4) is 0 Å². The molecule has 0 radical (unpaired) electrons. The summed E-state index contributed by atoms with van der Waals surface area (Å²) >= 11 is 0. The van der Waals surface area contributed by atoms with Gasteiger partial charge < -0.3 is 5.11 Å². The maximum absolute atomic E-state index is 12.7. The van der Waals surface area contributed by atoms with Gasteiger partial charge in [-0.15, -0.1) is 0 Å². The third-order valence-corrected chi connectivity index (χ3v) is 8.68. The molecule has 6 atom stereocenters. The number of rotatable bonds is 5. The summed E-state index contributed by atoms with van der Waals surface area (Å²) in [7, 11) is -2.69. The van der Waals surface area contributed by atoms with Gasteiger partial charge in [0, 0.05) is 10.6 Å². The number of fused-ring (bicyclic) bond motifs is 1. The van der Waals surface area contributed by atoms with Crippen LogP contribution in [0.15, 0.2) is 35.2 Å². The van der Waals surface area contributed by atoms with Crippen LogP contribution in [0, 0.1) is 27.9 Å². The molecular formula is C20H31NO2S. The van der Waals surface area contributed by atoms with Gasteiger partial charge in [0.05, 0.1) is 15.8 Å². The predicted octanol–water partition coefficient (Wildman–Crippen LogP) is 4.70. The van der Waals surface area contributed by atoms with E-state index in [9.17, 15) is 9.32 Å². The van der Waals surface area contributed by atoms with Gasteiger partial charge in [0.1, 0.15) is 0 Å². The van der Waals surface area contributed by atoms with Crippen LogP contribution in [0.1, 0.15) is 52.4 Å². The second-order valence-corrected chi connectivity index (χ2v) is 10.4. The summed E-state index contributed by atoms with van der Waals surface area (Å²) in [6.45, 7) is 4.63. The zero-order chi connectivity index (χ0) is 17.4. The lowest BCUT2D eigenvalue weighted by atomic mass is 9.61. The van der Waals surface area contributed by atoms with Gasteiger partial charge in [-0.3, -0.25) is 0 Å². The minimum atomic E-state index is -2.69. The minimum Gasteiger partial charge on any atom is -0.393 e. The number of hydrogen-bond acceptors (Lipinski definition) is 3. The highest BCUT2D eigenvalue weighted by molar-refractivity contribution is 7.92. The van der Waals surface area contributed by atoms with E-state index in [1.165, 1.54) is 12.8 Å². The summed E-state index contributed by atoms with van der Waals surface area (Å²) < 4.78 is 21.0. The Morgan fingerprint density at radius 1 is 1.29 bits per heavy atom. The van der Waals surface area contributed by atoms with Crippen LogP contribution in [0.25, 0.3) is 0 Å². The van der Waals surface area contributed by atoms with E-state index in [2.05, 4.69) is 13.8 Å². The molecular weight excluding hydrogens is 318 g/mol. The normalized spacial score (nSPS) is 36.7. The van der Waals surface area contributed by atoms with Crippen molar-refractivity contribution in [2.24, 2.45) is 23.2 Å². The van der Waals surface area contributed by atoms with Crippen molar-refractivity contribution in [2.45, 2.75) is 63.4 Å². The fourth-order valence-electron chi connectivity index (χ4n) is 5.44. The summed E-state index contributed by atoms with van der Waals surface area (Å²) in [6, 6.07) is 9.24. The molecule has 2 aliphatic carbocycles. The molecule has 0 bridgehead atoms. The first-order valence-electron chi connectivity index (χ1n) is 9.34. The Bertz CT molecular complexity index is 657. The van der Waals surface area contributed by atoms with E-state index < -0.39 is 9.73 Å². The van der Waals surface area contributed by atoms with Crippen molar-refractivity contribution >= 4 is 9.73 Å². The van der Waals surface area contributed by atoms with Crippen LogP contribution in [0.2, 0.25) is 0 Å². The van der Waals surface area contributed by atoms with E-state index in [1.807, 2.05) is 30.3 Å². The fourth-order valence-corrected chi connectivity index (χ4v) is 6.97. The molecule has 0 aliphatic heterocycles. The number of aliphatic hydroxyl groups is 1. The lowest BCUT2D eigenvalue weighted by Gasteiger charge is -2.45. The quantitative estimate of drug-likeness (QED) is 0.809. The van der Waals surface area contributed by atoms with Crippen molar-refractivity contribution < 1.29 is 9.32 Å². The van der Waals surface area contributed by atoms with Crippen molar-refractivity contribution in [2.75, 3.05) is 5.75 Å². The minimum absolute atomic E-state index is 0.134. The molecule has 0 aromatic heterocycles. The first-order chi connectivity index (χ1) is 11.3. The molecule has 2 fully saturated rings. The van der Waals surface area contributed by atoms with E-state index in [1.54, 1.807) is 0 Å². The predicted molar refractivity (Wildman–Crippen MR) is 98.4 cm³/mol. The molecule has 0 heterocycles. The second-order valence-electron chi connectivity index (χ2n) is 8.21. The Hall–Kier alpha value is -0.870. The monoisotopic (exact) mass is 349 g/mol. The second kappa shape index (κ2) is 6.80. The molecule has 1 aromatic rings. The van der Waals surface area contributed by atoms with Gasteiger partial charge in [0.2, 0.25) is 0 Å². The zero-order valence-corrected chi connectivity index (χ0v) is 15.7. The highest BCUT2D eigenvalue weighted by atomic mass is 32.2. The van der Waals surface area contributed by atoms with Crippen LogP contribution in [0.5, 0.6) is 0 Å². The van der Waals surface area contributed by atoms with Gasteiger partial charge >= 0.3 is 0 Å². The molecule has 3 nitrogen and oxygen atoms in total. The maximum Gasteiger partial charge on any atom is 0.0726 e. The lowest BCUT2D eigenvalue weighted by Crippen LogP contribution is -2.41. The van der Waals surface area contributed by atoms with Gasteiger partial charge in [-0.1, -0.05) is 38.5 Å². The molecule has 4 heteroatoms. The zero-order valence-electron chi connectivity index (χ0n) is 14.9. The van der Waals surface area contributed by atoms with E-state index in [-0.39, 0.29) is 11.5 Å². The van der Waals surface area contributed by atoms with Crippen molar-refractivity contribution in [3.05, 3.63) is 30.3 Å². The van der Waals surface area contributed by atoms with Crippen LogP contribution in [0.4, 0.5) is 0 Å². The Kier molecular flexibility index (Phi) is 5.08. The molecule has 24 heavy (non-hydrogen) atoms. The fraction of sp³-hybridized carbons (Fsp3) is 0.700. The summed E-state index contributed by atoms with van der Waals surface area (Å²) in [4.78, 5) is 0.654. The molecule has 134 valence electrons. The molecule has 0 saturated heterocycles. The third kappa shape index (κ3) is 3.28. The maximum atomic E-state index is 12.7. The standard InChI is InChI=1S/C20H31NO2S/c1-15(12-14-24(21,23)16-7-4-3-5-8-16)17-10-11-18-19(22)9-6-13-20(17,18)2/h3-5,7-8,15,17-19,21-22H,6,9-14H2,1-2H3/t15-,17-,18+,19+,20-,24?/m1/s1. The average Bonchev–Trinajstić information content (AvgIpc) is 2.92. The van der Waals surface area contributed by atoms with E-state index in [4.69, 9.17) is 4.78 Å². The van der Waals surface area contributed by atoms with Crippen molar-refractivity contribution in [3.63, 3.8) is 0 Å². The summed E-state index contributed by atoms with van der Waals surface area (Å²) in [5.41, 5.74) is 0.229. The molecule has 0 amide bonds. The molecule has 1 aromatic carbocycles.